The van der Waals surface area contributed by atoms with Crippen LogP contribution in [0.15, 0.2) is 18.3 Å². The lowest BCUT2D eigenvalue weighted by Gasteiger charge is -2.06. The molecule has 2 rings (SSSR count). The van der Waals surface area contributed by atoms with E-state index in [0.717, 1.165) is 28.5 Å². The van der Waals surface area contributed by atoms with E-state index in [1.54, 1.807) is 7.11 Å². The van der Waals surface area contributed by atoms with E-state index < -0.39 is 0 Å². The second-order valence-electron chi connectivity index (χ2n) is 3.62. The van der Waals surface area contributed by atoms with E-state index in [1.807, 2.05) is 36.9 Å². The summed E-state index contributed by atoms with van der Waals surface area (Å²) in [4.78, 5) is 10.9. The summed E-state index contributed by atoms with van der Waals surface area (Å²) < 4.78 is 7.27. The summed E-state index contributed by atoms with van der Waals surface area (Å²) in [5.41, 5.74) is 2.73. The fraction of sp³-hybridized carbons (Fsp3) is 0.250. The molecule has 0 bridgehead atoms. The Morgan fingerprint density at radius 2 is 2.13 bits per heavy atom. The number of benzene rings is 1. The molecule has 0 saturated carbocycles. The van der Waals surface area contributed by atoms with Gasteiger partial charge in [-0.1, -0.05) is 6.07 Å². The lowest BCUT2D eigenvalue weighted by atomic mass is 10.1. The largest absolute Gasteiger partial charge is 0.496 e. The summed E-state index contributed by atoms with van der Waals surface area (Å²) in [6.07, 6.45) is 2.68. The SMILES string of the molecule is COc1c(C)ccc2c1c(C=O)cn2C. The van der Waals surface area contributed by atoms with Crippen LogP contribution in [-0.4, -0.2) is 18.0 Å². The van der Waals surface area contributed by atoms with Gasteiger partial charge in [-0.25, -0.2) is 0 Å². The molecule has 3 nitrogen and oxygen atoms in total. The Bertz CT molecular complexity index is 526. The maximum atomic E-state index is 10.9. The van der Waals surface area contributed by atoms with Crippen molar-refractivity contribution in [3.05, 3.63) is 29.5 Å². The molecule has 0 unspecified atom stereocenters. The first-order chi connectivity index (χ1) is 7.19. The van der Waals surface area contributed by atoms with Crippen LogP contribution >= 0.6 is 0 Å². The van der Waals surface area contributed by atoms with Crippen LogP contribution in [0.4, 0.5) is 0 Å². The van der Waals surface area contributed by atoms with Crippen molar-refractivity contribution in [2.24, 2.45) is 7.05 Å². The van der Waals surface area contributed by atoms with Gasteiger partial charge >= 0.3 is 0 Å². The van der Waals surface area contributed by atoms with Gasteiger partial charge in [0.2, 0.25) is 0 Å². The predicted octanol–water partition coefficient (Wildman–Crippen LogP) is 2.31. The van der Waals surface area contributed by atoms with Crippen molar-refractivity contribution in [3.63, 3.8) is 0 Å². The number of ether oxygens (including phenoxy) is 1. The highest BCUT2D eigenvalue weighted by Crippen LogP contribution is 2.32. The Morgan fingerprint density at radius 1 is 1.40 bits per heavy atom. The van der Waals surface area contributed by atoms with Crippen LogP contribution in [0.1, 0.15) is 15.9 Å². The highest BCUT2D eigenvalue weighted by molar-refractivity contribution is 6.01. The fourth-order valence-corrected chi connectivity index (χ4v) is 1.94. The molecule has 1 heterocycles. The predicted molar refractivity (Wildman–Crippen MR) is 59.6 cm³/mol. The number of hydrogen-bond acceptors (Lipinski definition) is 2. The maximum Gasteiger partial charge on any atom is 0.152 e. The quantitative estimate of drug-likeness (QED) is 0.701. The van der Waals surface area contributed by atoms with Crippen molar-refractivity contribution in [1.82, 2.24) is 4.57 Å². The molecule has 15 heavy (non-hydrogen) atoms. The third-order valence-corrected chi connectivity index (χ3v) is 2.67. The molecule has 1 aromatic carbocycles. The van der Waals surface area contributed by atoms with E-state index in [4.69, 9.17) is 4.74 Å². The number of aryl methyl sites for hydroxylation is 2. The molecule has 0 amide bonds. The first-order valence-corrected chi connectivity index (χ1v) is 4.77. The molecule has 1 aromatic heterocycles. The molecule has 0 aliphatic carbocycles. The molecule has 0 radical (unpaired) electrons. The highest BCUT2D eigenvalue weighted by atomic mass is 16.5. The van der Waals surface area contributed by atoms with Crippen LogP contribution < -0.4 is 4.74 Å². The minimum absolute atomic E-state index is 0.674. The maximum absolute atomic E-state index is 10.9. The average molecular weight is 203 g/mol. The van der Waals surface area contributed by atoms with E-state index >= 15 is 0 Å². The van der Waals surface area contributed by atoms with Gasteiger partial charge in [-0.15, -0.1) is 0 Å². The molecule has 0 spiro atoms. The number of aldehydes is 1. The second kappa shape index (κ2) is 3.42. The summed E-state index contributed by atoms with van der Waals surface area (Å²) >= 11 is 0. The van der Waals surface area contributed by atoms with E-state index in [0.29, 0.717) is 5.56 Å². The summed E-state index contributed by atoms with van der Waals surface area (Å²) in [6, 6.07) is 4.00. The van der Waals surface area contributed by atoms with Crippen molar-refractivity contribution >= 4 is 17.2 Å². The Kier molecular flexibility index (Phi) is 2.23. The average Bonchev–Trinajstić information content (AvgIpc) is 2.55. The van der Waals surface area contributed by atoms with Gasteiger partial charge in [0.15, 0.2) is 6.29 Å². The number of fused-ring (bicyclic) bond motifs is 1. The number of carbonyl (C=O) groups excluding carboxylic acids is 1. The van der Waals surface area contributed by atoms with E-state index in [9.17, 15) is 4.79 Å². The van der Waals surface area contributed by atoms with Crippen LogP contribution in [0.5, 0.6) is 5.75 Å². The van der Waals surface area contributed by atoms with Crippen molar-refractivity contribution in [3.8, 4) is 5.75 Å². The van der Waals surface area contributed by atoms with Crippen molar-refractivity contribution in [1.29, 1.82) is 0 Å². The summed E-state index contributed by atoms with van der Waals surface area (Å²) in [5.74, 6) is 0.787. The minimum atomic E-state index is 0.674. The molecule has 2 aromatic rings. The zero-order chi connectivity index (χ0) is 11.0. The van der Waals surface area contributed by atoms with Gasteiger partial charge in [0.05, 0.1) is 18.0 Å². The first-order valence-electron chi connectivity index (χ1n) is 4.77. The molecule has 0 fully saturated rings. The molecule has 0 atom stereocenters. The van der Waals surface area contributed by atoms with Crippen LogP contribution in [0.25, 0.3) is 10.9 Å². The Morgan fingerprint density at radius 3 is 2.73 bits per heavy atom. The summed E-state index contributed by atoms with van der Waals surface area (Å²) in [5, 5.41) is 0.898. The third kappa shape index (κ3) is 1.31. The number of rotatable bonds is 2. The second-order valence-corrected chi connectivity index (χ2v) is 3.62. The van der Waals surface area contributed by atoms with Crippen LogP contribution in [0.3, 0.4) is 0 Å². The van der Waals surface area contributed by atoms with Crippen molar-refractivity contribution < 1.29 is 9.53 Å². The Labute approximate surface area is 88.3 Å². The third-order valence-electron chi connectivity index (χ3n) is 2.67. The van der Waals surface area contributed by atoms with Crippen LogP contribution in [-0.2, 0) is 7.05 Å². The molecule has 0 aliphatic heterocycles. The number of nitrogens with zero attached hydrogens (tertiary/aromatic N) is 1. The number of carbonyl (C=O) groups is 1. The molecular weight excluding hydrogens is 190 g/mol. The van der Waals surface area contributed by atoms with Gasteiger partial charge in [0, 0.05) is 18.8 Å². The summed E-state index contributed by atoms with van der Waals surface area (Å²) in [6.45, 7) is 1.97. The minimum Gasteiger partial charge on any atom is -0.496 e. The number of methoxy groups -OCH3 is 1. The van der Waals surface area contributed by atoms with Gasteiger partial charge in [-0.3, -0.25) is 4.79 Å². The number of hydrogen-bond donors (Lipinski definition) is 0. The molecule has 0 saturated heterocycles. The lowest BCUT2D eigenvalue weighted by molar-refractivity contribution is 0.112. The van der Waals surface area contributed by atoms with E-state index in [-0.39, 0.29) is 0 Å². The summed E-state index contributed by atoms with van der Waals surface area (Å²) in [7, 11) is 3.55. The van der Waals surface area contributed by atoms with Crippen LogP contribution in [0, 0.1) is 6.92 Å². The zero-order valence-electron chi connectivity index (χ0n) is 9.07. The highest BCUT2D eigenvalue weighted by Gasteiger charge is 2.12. The normalized spacial score (nSPS) is 10.6. The zero-order valence-corrected chi connectivity index (χ0v) is 9.07. The lowest BCUT2D eigenvalue weighted by Crippen LogP contribution is -1.90. The number of aromatic nitrogens is 1. The molecule has 0 aliphatic rings. The van der Waals surface area contributed by atoms with Gasteiger partial charge in [0.25, 0.3) is 0 Å². The van der Waals surface area contributed by atoms with Crippen molar-refractivity contribution in [2.75, 3.05) is 7.11 Å². The molecule has 3 heteroatoms. The van der Waals surface area contributed by atoms with Crippen LogP contribution in [0.2, 0.25) is 0 Å². The molecular formula is C12H13NO2. The van der Waals surface area contributed by atoms with Gasteiger partial charge < -0.3 is 9.30 Å². The Hall–Kier alpha value is -1.77. The smallest absolute Gasteiger partial charge is 0.152 e. The standard InChI is InChI=1S/C12H13NO2/c1-8-4-5-10-11(12(8)15-3)9(7-14)6-13(10)2/h4-7H,1-3H3. The van der Waals surface area contributed by atoms with E-state index in [1.165, 1.54) is 0 Å². The Balaban J connectivity index is 2.94. The van der Waals surface area contributed by atoms with Gasteiger partial charge in [-0.2, -0.15) is 0 Å². The van der Waals surface area contributed by atoms with Crippen molar-refractivity contribution in [2.45, 2.75) is 6.92 Å². The molecule has 0 N–H and O–H groups in total. The van der Waals surface area contributed by atoms with E-state index in [2.05, 4.69) is 0 Å². The fourth-order valence-electron chi connectivity index (χ4n) is 1.94. The van der Waals surface area contributed by atoms with Gasteiger partial charge in [0.1, 0.15) is 5.75 Å². The topological polar surface area (TPSA) is 31.2 Å². The molecule has 78 valence electrons. The van der Waals surface area contributed by atoms with Gasteiger partial charge in [-0.05, 0) is 18.6 Å². The first kappa shape index (κ1) is 9.77. The monoisotopic (exact) mass is 203 g/mol.